The first kappa shape index (κ1) is 16.0. The summed E-state index contributed by atoms with van der Waals surface area (Å²) in [6, 6.07) is 0.173. The summed E-state index contributed by atoms with van der Waals surface area (Å²) in [6.45, 7) is 4.90. The van der Waals surface area contributed by atoms with Crippen LogP contribution in [-0.4, -0.2) is 24.4 Å². The first-order valence-electron chi connectivity index (χ1n) is 7.73. The molecule has 1 rings (SSSR count). The molecule has 1 fully saturated rings. The van der Waals surface area contributed by atoms with Gasteiger partial charge in [-0.1, -0.05) is 46.0 Å². The van der Waals surface area contributed by atoms with Gasteiger partial charge in [-0.2, -0.15) is 0 Å². The second kappa shape index (κ2) is 8.94. The van der Waals surface area contributed by atoms with Gasteiger partial charge < -0.3 is 10.6 Å². The maximum atomic E-state index is 11.8. The number of carbonyl (C=O) groups excluding carboxylic acids is 2. The molecule has 0 aromatic rings. The van der Waals surface area contributed by atoms with Crippen molar-refractivity contribution in [2.75, 3.05) is 6.54 Å². The Kier molecular flexibility index (Phi) is 7.53. The molecule has 0 bridgehead atoms. The topological polar surface area (TPSA) is 58.2 Å². The van der Waals surface area contributed by atoms with E-state index in [1.807, 2.05) is 0 Å². The fraction of sp³-hybridized carbons (Fsp3) is 0.867. The number of hydrogen-bond acceptors (Lipinski definition) is 2. The maximum absolute atomic E-state index is 11.8. The molecule has 0 radical (unpaired) electrons. The van der Waals surface area contributed by atoms with Gasteiger partial charge in [-0.05, 0) is 25.2 Å². The van der Waals surface area contributed by atoms with Crippen molar-refractivity contribution in [1.82, 2.24) is 10.6 Å². The second-order valence-electron chi connectivity index (χ2n) is 5.66. The molecule has 0 saturated heterocycles. The van der Waals surface area contributed by atoms with Gasteiger partial charge in [0, 0.05) is 12.6 Å². The van der Waals surface area contributed by atoms with Crippen molar-refractivity contribution in [3.05, 3.63) is 0 Å². The van der Waals surface area contributed by atoms with E-state index in [-0.39, 0.29) is 6.04 Å². The Labute approximate surface area is 116 Å². The molecular weight excluding hydrogens is 240 g/mol. The molecule has 0 aromatic heterocycles. The highest BCUT2D eigenvalue weighted by Gasteiger charge is 2.25. The van der Waals surface area contributed by atoms with Crippen LogP contribution in [0, 0.1) is 5.92 Å². The Bertz CT molecular complexity index is 292. The minimum absolute atomic E-state index is 0.173. The van der Waals surface area contributed by atoms with E-state index in [2.05, 4.69) is 24.5 Å². The summed E-state index contributed by atoms with van der Waals surface area (Å²) in [4.78, 5) is 23.4. The van der Waals surface area contributed by atoms with E-state index in [1.54, 1.807) is 0 Å². The SMILES string of the molecule is CCCCCCNC(=O)C(=O)N[C@H]1CCCC[C@H]1C. The zero-order valence-corrected chi connectivity index (χ0v) is 12.3. The van der Waals surface area contributed by atoms with Crippen molar-refractivity contribution in [3.63, 3.8) is 0 Å². The number of amides is 2. The fourth-order valence-electron chi connectivity index (χ4n) is 2.60. The van der Waals surface area contributed by atoms with E-state index >= 15 is 0 Å². The molecule has 2 N–H and O–H groups in total. The van der Waals surface area contributed by atoms with Crippen LogP contribution in [0.3, 0.4) is 0 Å². The molecule has 4 heteroatoms. The Morgan fingerprint density at radius 2 is 1.79 bits per heavy atom. The molecule has 1 aliphatic carbocycles. The maximum Gasteiger partial charge on any atom is 0.309 e. The zero-order chi connectivity index (χ0) is 14.1. The summed E-state index contributed by atoms with van der Waals surface area (Å²) in [7, 11) is 0. The van der Waals surface area contributed by atoms with Crippen molar-refractivity contribution in [1.29, 1.82) is 0 Å². The largest absolute Gasteiger partial charge is 0.348 e. The van der Waals surface area contributed by atoms with Crippen molar-refractivity contribution in [3.8, 4) is 0 Å². The molecule has 2 amide bonds. The lowest BCUT2D eigenvalue weighted by atomic mass is 9.86. The minimum atomic E-state index is -0.478. The van der Waals surface area contributed by atoms with Gasteiger partial charge in [0.05, 0.1) is 0 Å². The Hall–Kier alpha value is -1.06. The standard InChI is InChI=1S/C15H28N2O2/c1-3-4-5-8-11-16-14(18)15(19)17-13-10-7-6-9-12(13)2/h12-13H,3-11H2,1-2H3,(H,16,18)(H,17,19)/t12-,13+/m1/s1. The van der Waals surface area contributed by atoms with Crippen LogP contribution < -0.4 is 10.6 Å². The van der Waals surface area contributed by atoms with Gasteiger partial charge in [0.25, 0.3) is 0 Å². The van der Waals surface area contributed by atoms with Gasteiger partial charge in [0.15, 0.2) is 0 Å². The van der Waals surface area contributed by atoms with Crippen molar-refractivity contribution < 1.29 is 9.59 Å². The van der Waals surface area contributed by atoms with E-state index < -0.39 is 11.8 Å². The van der Waals surface area contributed by atoms with E-state index in [9.17, 15) is 9.59 Å². The predicted octanol–water partition coefficient (Wildman–Crippen LogP) is 2.38. The van der Waals surface area contributed by atoms with Crippen molar-refractivity contribution >= 4 is 11.8 Å². The molecule has 2 atom stereocenters. The second-order valence-corrected chi connectivity index (χ2v) is 5.66. The van der Waals surface area contributed by atoms with Crippen LogP contribution in [0.25, 0.3) is 0 Å². The molecule has 1 aliphatic rings. The highest BCUT2D eigenvalue weighted by molar-refractivity contribution is 6.35. The van der Waals surface area contributed by atoms with Crippen LogP contribution in [0.1, 0.15) is 65.2 Å². The Morgan fingerprint density at radius 3 is 2.47 bits per heavy atom. The first-order chi connectivity index (χ1) is 9.15. The summed E-state index contributed by atoms with van der Waals surface area (Å²) >= 11 is 0. The molecule has 110 valence electrons. The summed E-state index contributed by atoms with van der Waals surface area (Å²) in [6.07, 6.45) is 8.94. The molecule has 0 aromatic carbocycles. The molecule has 1 saturated carbocycles. The molecular formula is C15H28N2O2. The molecule has 19 heavy (non-hydrogen) atoms. The van der Waals surface area contributed by atoms with Gasteiger partial charge >= 0.3 is 11.8 Å². The third-order valence-electron chi connectivity index (χ3n) is 3.95. The van der Waals surface area contributed by atoms with Crippen molar-refractivity contribution in [2.45, 2.75) is 71.3 Å². The van der Waals surface area contributed by atoms with Crippen LogP contribution in [0.4, 0.5) is 0 Å². The van der Waals surface area contributed by atoms with Crippen LogP contribution >= 0.6 is 0 Å². The third-order valence-corrected chi connectivity index (χ3v) is 3.95. The molecule has 0 aliphatic heterocycles. The van der Waals surface area contributed by atoms with E-state index in [0.29, 0.717) is 12.5 Å². The van der Waals surface area contributed by atoms with E-state index in [1.165, 1.54) is 19.3 Å². The number of unbranched alkanes of at least 4 members (excludes halogenated alkanes) is 3. The van der Waals surface area contributed by atoms with Crippen LogP contribution in [-0.2, 0) is 9.59 Å². The molecule has 0 heterocycles. The average Bonchev–Trinajstić information content (AvgIpc) is 2.41. The van der Waals surface area contributed by atoms with Crippen LogP contribution in [0.5, 0.6) is 0 Å². The smallest absolute Gasteiger partial charge is 0.309 e. The van der Waals surface area contributed by atoms with Gasteiger partial charge in [-0.15, -0.1) is 0 Å². The molecule has 0 spiro atoms. The van der Waals surface area contributed by atoms with E-state index in [0.717, 1.165) is 32.1 Å². The highest BCUT2D eigenvalue weighted by atomic mass is 16.2. The molecule has 0 unspecified atom stereocenters. The van der Waals surface area contributed by atoms with Crippen LogP contribution in [0.15, 0.2) is 0 Å². The van der Waals surface area contributed by atoms with Gasteiger partial charge in [-0.25, -0.2) is 0 Å². The number of rotatable bonds is 6. The number of hydrogen-bond donors (Lipinski definition) is 2. The number of carbonyl (C=O) groups is 2. The lowest BCUT2D eigenvalue weighted by Crippen LogP contribution is -2.47. The lowest BCUT2D eigenvalue weighted by molar-refractivity contribution is -0.140. The molecule has 4 nitrogen and oxygen atoms in total. The van der Waals surface area contributed by atoms with E-state index in [4.69, 9.17) is 0 Å². The quantitative estimate of drug-likeness (QED) is 0.574. The summed E-state index contributed by atoms with van der Waals surface area (Å²) < 4.78 is 0. The lowest BCUT2D eigenvalue weighted by Gasteiger charge is -2.29. The fourth-order valence-corrected chi connectivity index (χ4v) is 2.60. The average molecular weight is 268 g/mol. The van der Waals surface area contributed by atoms with Crippen molar-refractivity contribution in [2.24, 2.45) is 5.92 Å². The Balaban J connectivity index is 2.19. The predicted molar refractivity (Wildman–Crippen MR) is 76.7 cm³/mol. The first-order valence-corrected chi connectivity index (χ1v) is 7.73. The number of nitrogens with one attached hydrogen (secondary N) is 2. The summed E-state index contributed by atoms with van der Waals surface area (Å²) in [5.74, 6) is -0.460. The summed E-state index contributed by atoms with van der Waals surface area (Å²) in [5, 5.41) is 5.56. The monoisotopic (exact) mass is 268 g/mol. The van der Waals surface area contributed by atoms with Gasteiger partial charge in [0.1, 0.15) is 0 Å². The van der Waals surface area contributed by atoms with Gasteiger partial charge in [0.2, 0.25) is 0 Å². The van der Waals surface area contributed by atoms with Crippen LogP contribution in [0.2, 0.25) is 0 Å². The highest BCUT2D eigenvalue weighted by Crippen LogP contribution is 2.23. The normalized spacial score (nSPS) is 22.8. The van der Waals surface area contributed by atoms with Gasteiger partial charge in [-0.3, -0.25) is 9.59 Å². The summed E-state index contributed by atoms with van der Waals surface area (Å²) in [5.41, 5.74) is 0. The Morgan fingerprint density at radius 1 is 1.05 bits per heavy atom. The minimum Gasteiger partial charge on any atom is -0.348 e. The third kappa shape index (κ3) is 6.08. The zero-order valence-electron chi connectivity index (χ0n) is 12.3.